The molecule has 0 spiro atoms. The second-order valence-corrected chi connectivity index (χ2v) is 12.4. The van der Waals surface area contributed by atoms with Crippen LogP contribution in [0.5, 0.6) is 0 Å². The SMILES string of the molecule is CCCCCCCCO[Si](CCCC)(OCCCCCCCC)OCCCCCCCC. The van der Waals surface area contributed by atoms with Gasteiger partial charge in [-0.05, 0) is 25.7 Å². The first-order valence-electron chi connectivity index (χ1n) is 14.7. The third-order valence-corrected chi connectivity index (χ3v) is 9.19. The van der Waals surface area contributed by atoms with Gasteiger partial charge in [0, 0.05) is 25.9 Å². The highest BCUT2D eigenvalue weighted by molar-refractivity contribution is 6.60. The van der Waals surface area contributed by atoms with Gasteiger partial charge in [0.25, 0.3) is 0 Å². The van der Waals surface area contributed by atoms with Crippen molar-refractivity contribution in [3.05, 3.63) is 0 Å². The van der Waals surface area contributed by atoms with Crippen LogP contribution in [0.3, 0.4) is 0 Å². The molecule has 0 N–H and O–H groups in total. The molecule has 0 unspecified atom stereocenters. The Morgan fingerprint density at radius 3 is 0.938 bits per heavy atom. The van der Waals surface area contributed by atoms with Crippen molar-refractivity contribution < 1.29 is 13.3 Å². The number of unbranched alkanes of at least 4 members (excludes halogenated alkanes) is 16. The van der Waals surface area contributed by atoms with Crippen molar-refractivity contribution >= 4 is 8.80 Å². The van der Waals surface area contributed by atoms with Gasteiger partial charge in [0.1, 0.15) is 0 Å². The topological polar surface area (TPSA) is 27.7 Å². The molecule has 0 aromatic rings. The first kappa shape index (κ1) is 32.1. The summed E-state index contributed by atoms with van der Waals surface area (Å²) < 4.78 is 19.6. The Morgan fingerprint density at radius 2 is 0.625 bits per heavy atom. The molecule has 4 heteroatoms. The highest BCUT2D eigenvalue weighted by Crippen LogP contribution is 2.22. The summed E-state index contributed by atoms with van der Waals surface area (Å²) in [5.41, 5.74) is 0. The standard InChI is InChI=1S/C28H60O3Si/c1-5-9-13-16-19-22-25-29-32(28-12-8-4,30-26-23-20-17-14-10-6-2)31-27-24-21-18-15-11-7-3/h5-28H2,1-4H3. The summed E-state index contributed by atoms with van der Waals surface area (Å²) in [7, 11) is -2.54. The summed E-state index contributed by atoms with van der Waals surface area (Å²) in [6.07, 6.45) is 25.6. The molecule has 0 bridgehead atoms. The molecule has 194 valence electrons. The van der Waals surface area contributed by atoms with E-state index in [-0.39, 0.29) is 0 Å². The molecule has 0 aromatic heterocycles. The van der Waals surface area contributed by atoms with E-state index >= 15 is 0 Å². The van der Waals surface area contributed by atoms with Gasteiger partial charge in [0.05, 0.1) is 0 Å². The van der Waals surface area contributed by atoms with Crippen molar-refractivity contribution in [3.8, 4) is 0 Å². The van der Waals surface area contributed by atoms with Gasteiger partial charge in [-0.25, -0.2) is 0 Å². The molecule has 3 nitrogen and oxygen atoms in total. The van der Waals surface area contributed by atoms with E-state index in [2.05, 4.69) is 27.7 Å². The number of hydrogen-bond acceptors (Lipinski definition) is 3. The zero-order valence-corrected chi connectivity index (χ0v) is 23.7. The molecule has 0 amide bonds. The first-order valence-corrected chi connectivity index (χ1v) is 16.6. The molecule has 0 aliphatic rings. The maximum Gasteiger partial charge on any atom is 0.500 e. The minimum absolute atomic E-state index is 0.815. The maximum absolute atomic E-state index is 6.52. The van der Waals surface area contributed by atoms with Crippen LogP contribution >= 0.6 is 0 Å². The summed E-state index contributed by atoms with van der Waals surface area (Å²) >= 11 is 0. The molecule has 32 heavy (non-hydrogen) atoms. The van der Waals surface area contributed by atoms with E-state index in [1.165, 1.54) is 103 Å². The Labute approximate surface area is 204 Å². The normalized spacial score (nSPS) is 12.0. The smallest absolute Gasteiger partial charge is 0.373 e. The third kappa shape index (κ3) is 20.7. The van der Waals surface area contributed by atoms with Gasteiger partial charge in [-0.3, -0.25) is 0 Å². The van der Waals surface area contributed by atoms with Crippen molar-refractivity contribution in [1.29, 1.82) is 0 Å². The van der Waals surface area contributed by atoms with Crippen molar-refractivity contribution in [2.45, 2.75) is 162 Å². The molecule has 0 heterocycles. The highest BCUT2D eigenvalue weighted by Gasteiger charge is 2.40. The fourth-order valence-corrected chi connectivity index (χ4v) is 6.90. The zero-order chi connectivity index (χ0) is 23.6. The fourth-order valence-electron chi connectivity index (χ4n) is 4.06. The molecule has 0 atom stereocenters. The van der Waals surface area contributed by atoms with Crippen molar-refractivity contribution in [3.63, 3.8) is 0 Å². The lowest BCUT2D eigenvalue weighted by molar-refractivity contribution is 0.0547. The second kappa shape index (κ2) is 25.7. The van der Waals surface area contributed by atoms with Gasteiger partial charge in [0.15, 0.2) is 0 Å². The van der Waals surface area contributed by atoms with E-state index in [0.717, 1.165) is 51.5 Å². The fraction of sp³-hybridized carbons (Fsp3) is 1.00. The Morgan fingerprint density at radius 1 is 0.344 bits per heavy atom. The largest absolute Gasteiger partial charge is 0.500 e. The van der Waals surface area contributed by atoms with E-state index in [1.807, 2.05) is 0 Å². The van der Waals surface area contributed by atoms with Gasteiger partial charge in [-0.15, -0.1) is 0 Å². The number of hydrogen-bond donors (Lipinski definition) is 0. The lowest BCUT2D eigenvalue weighted by Crippen LogP contribution is -2.46. The Hall–Kier alpha value is 0.0969. The Bertz CT molecular complexity index is 306. The van der Waals surface area contributed by atoms with Gasteiger partial charge in [0.2, 0.25) is 0 Å². The van der Waals surface area contributed by atoms with Crippen LogP contribution in [0.2, 0.25) is 6.04 Å². The quantitative estimate of drug-likeness (QED) is 0.0879. The molecule has 0 aromatic carbocycles. The monoisotopic (exact) mass is 472 g/mol. The second-order valence-electron chi connectivity index (χ2n) is 9.64. The summed E-state index contributed by atoms with van der Waals surface area (Å²) in [6.45, 7) is 11.5. The van der Waals surface area contributed by atoms with Crippen LogP contribution in [0.25, 0.3) is 0 Å². The first-order chi connectivity index (χ1) is 15.7. The van der Waals surface area contributed by atoms with E-state index in [0.29, 0.717) is 0 Å². The van der Waals surface area contributed by atoms with Crippen molar-refractivity contribution in [2.24, 2.45) is 0 Å². The minimum atomic E-state index is -2.54. The van der Waals surface area contributed by atoms with Crippen LogP contribution in [-0.4, -0.2) is 28.6 Å². The molecule has 0 radical (unpaired) electrons. The zero-order valence-electron chi connectivity index (χ0n) is 22.7. The summed E-state index contributed by atoms with van der Waals surface area (Å²) in [4.78, 5) is 0. The summed E-state index contributed by atoms with van der Waals surface area (Å²) in [6, 6.07) is 0.991. The summed E-state index contributed by atoms with van der Waals surface area (Å²) in [5, 5.41) is 0. The van der Waals surface area contributed by atoms with Gasteiger partial charge < -0.3 is 13.3 Å². The van der Waals surface area contributed by atoms with Crippen molar-refractivity contribution in [2.75, 3.05) is 19.8 Å². The average molecular weight is 473 g/mol. The predicted octanol–water partition coefficient (Wildman–Crippen LogP) is 9.86. The van der Waals surface area contributed by atoms with Crippen LogP contribution in [-0.2, 0) is 13.3 Å². The maximum atomic E-state index is 6.52. The van der Waals surface area contributed by atoms with Crippen LogP contribution in [0.4, 0.5) is 0 Å². The van der Waals surface area contributed by atoms with E-state index in [4.69, 9.17) is 13.3 Å². The van der Waals surface area contributed by atoms with Gasteiger partial charge in [-0.2, -0.15) is 0 Å². The molecule has 0 saturated heterocycles. The van der Waals surface area contributed by atoms with E-state index in [1.54, 1.807) is 0 Å². The molecular formula is C28H60O3Si. The Balaban J connectivity index is 4.51. The van der Waals surface area contributed by atoms with E-state index < -0.39 is 8.80 Å². The van der Waals surface area contributed by atoms with Gasteiger partial charge in [-0.1, -0.05) is 130 Å². The van der Waals surface area contributed by atoms with Gasteiger partial charge >= 0.3 is 8.80 Å². The summed E-state index contributed by atoms with van der Waals surface area (Å²) in [5.74, 6) is 0. The molecule has 0 rings (SSSR count). The number of rotatable bonds is 27. The lowest BCUT2D eigenvalue weighted by atomic mass is 10.1. The molecular weight excluding hydrogens is 412 g/mol. The van der Waals surface area contributed by atoms with Crippen LogP contribution < -0.4 is 0 Å². The van der Waals surface area contributed by atoms with Crippen molar-refractivity contribution in [1.82, 2.24) is 0 Å². The molecule has 0 aliphatic heterocycles. The molecule has 0 fully saturated rings. The minimum Gasteiger partial charge on any atom is -0.373 e. The predicted molar refractivity (Wildman–Crippen MR) is 143 cm³/mol. The average Bonchev–Trinajstić information content (AvgIpc) is 2.81. The van der Waals surface area contributed by atoms with Crippen LogP contribution in [0.1, 0.15) is 156 Å². The van der Waals surface area contributed by atoms with Crippen LogP contribution in [0, 0.1) is 0 Å². The highest BCUT2D eigenvalue weighted by atomic mass is 28.4. The Kier molecular flexibility index (Phi) is 25.8. The molecule has 0 saturated carbocycles. The third-order valence-electron chi connectivity index (χ3n) is 6.30. The van der Waals surface area contributed by atoms with E-state index in [9.17, 15) is 0 Å². The van der Waals surface area contributed by atoms with Crippen LogP contribution in [0.15, 0.2) is 0 Å². The molecule has 0 aliphatic carbocycles. The lowest BCUT2D eigenvalue weighted by Gasteiger charge is -2.30.